The largest absolute Gasteiger partial charge is 0.304 e. The summed E-state index contributed by atoms with van der Waals surface area (Å²) in [4.78, 5) is 21.1. The quantitative estimate of drug-likeness (QED) is 0.444. The van der Waals surface area contributed by atoms with Crippen LogP contribution in [-0.2, 0) is 6.54 Å². The van der Waals surface area contributed by atoms with E-state index >= 15 is 0 Å². The van der Waals surface area contributed by atoms with Crippen LogP contribution in [0.5, 0.6) is 0 Å². The number of thiazole rings is 1. The summed E-state index contributed by atoms with van der Waals surface area (Å²) in [5.74, 6) is 0.178. The highest BCUT2D eigenvalue weighted by Gasteiger charge is 2.14. The second-order valence-corrected chi connectivity index (χ2v) is 7.61. The number of nitrogens with zero attached hydrogens (tertiary/aromatic N) is 6. The van der Waals surface area contributed by atoms with E-state index in [0.717, 1.165) is 21.8 Å². The molecule has 0 radical (unpaired) electrons. The van der Waals surface area contributed by atoms with Crippen LogP contribution in [0.15, 0.2) is 84.9 Å². The number of rotatable bonds is 6. The first-order valence-corrected chi connectivity index (χ1v) is 10.4. The number of anilines is 1. The highest BCUT2D eigenvalue weighted by atomic mass is 32.1. The van der Waals surface area contributed by atoms with E-state index in [4.69, 9.17) is 0 Å². The molecule has 1 N–H and O–H groups in total. The Morgan fingerprint density at radius 1 is 1.06 bits per heavy atom. The lowest BCUT2D eigenvalue weighted by molar-refractivity contribution is 0.102. The van der Waals surface area contributed by atoms with Gasteiger partial charge < -0.3 is 5.32 Å². The van der Waals surface area contributed by atoms with Crippen molar-refractivity contribution in [3.05, 3.63) is 96.2 Å². The van der Waals surface area contributed by atoms with E-state index in [2.05, 4.69) is 25.5 Å². The van der Waals surface area contributed by atoms with Crippen LogP contribution < -0.4 is 5.32 Å². The first-order valence-electron chi connectivity index (χ1n) is 9.54. The van der Waals surface area contributed by atoms with E-state index < -0.39 is 0 Å². The molecular formula is C22H17N7OS. The topological polar surface area (TPSA) is 90.5 Å². The summed E-state index contributed by atoms with van der Waals surface area (Å²) < 4.78 is 3.54. The molecule has 0 saturated heterocycles. The third kappa shape index (κ3) is 4.26. The summed E-state index contributed by atoms with van der Waals surface area (Å²) in [6.45, 7) is 0.602. The van der Waals surface area contributed by atoms with Gasteiger partial charge in [-0.2, -0.15) is 10.2 Å². The molecule has 31 heavy (non-hydrogen) atoms. The standard InChI is InChI=1S/C22H17N7OS/c30-21(26-20-8-11-28(27-20)13-16-6-9-23-10-7-16)19-15-31-22(25-19)17-12-24-29(14-17)18-4-2-1-3-5-18/h1-12,14-15H,13H2,(H,26,27,30). The smallest absolute Gasteiger partial charge is 0.276 e. The van der Waals surface area contributed by atoms with Gasteiger partial charge >= 0.3 is 0 Å². The Balaban J connectivity index is 1.26. The Hall–Kier alpha value is -4.11. The van der Waals surface area contributed by atoms with Gasteiger partial charge in [0.2, 0.25) is 0 Å². The zero-order valence-corrected chi connectivity index (χ0v) is 17.1. The summed E-state index contributed by atoms with van der Waals surface area (Å²) >= 11 is 1.40. The predicted molar refractivity (Wildman–Crippen MR) is 118 cm³/mol. The summed E-state index contributed by atoms with van der Waals surface area (Å²) in [5, 5.41) is 14.1. The van der Waals surface area contributed by atoms with Crippen LogP contribution in [0.3, 0.4) is 0 Å². The lowest BCUT2D eigenvalue weighted by Crippen LogP contribution is -2.13. The fraction of sp³-hybridized carbons (Fsp3) is 0.0455. The molecular weight excluding hydrogens is 410 g/mol. The Morgan fingerprint density at radius 3 is 2.74 bits per heavy atom. The summed E-state index contributed by atoms with van der Waals surface area (Å²) in [5.41, 5.74) is 3.24. The number of carbonyl (C=O) groups is 1. The molecule has 152 valence electrons. The predicted octanol–water partition coefficient (Wildman–Crippen LogP) is 3.89. The number of benzene rings is 1. The van der Waals surface area contributed by atoms with Crippen molar-refractivity contribution >= 4 is 23.1 Å². The average Bonchev–Trinajstić information content (AvgIpc) is 3.56. The van der Waals surface area contributed by atoms with Crippen molar-refractivity contribution < 1.29 is 4.79 Å². The van der Waals surface area contributed by atoms with Gasteiger partial charge in [-0.15, -0.1) is 11.3 Å². The van der Waals surface area contributed by atoms with Gasteiger partial charge in [0.25, 0.3) is 5.91 Å². The maximum Gasteiger partial charge on any atom is 0.276 e. The van der Waals surface area contributed by atoms with Crippen LogP contribution in [0.4, 0.5) is 5.82 Å². The Kier molecular flexibility index (Phi) is 5.07. The van der Waals surface area contributed by atoms with Crippen molar-refractivity contribution in [2.45, 2.75) is 6.54 Å². The van der Waals surface area contributed by atoms with Crippen molar-refractivity contribution in [2.75, 3.05) is 5.32 Å². The van der Waals surface area contributed by atoms with Gasteiger partial charge in [-0.1, -0.05) is 18.2 Å². The molecule has 0 bridgehead atoms. The monoisotopic (exact) mass is 427 g/mol. The number of pyridine rings is 1. The minimum Gasteiger partial charge on any atom is -0.304 e. The average molecular weight is 427 g/mol. The molecule has 4 aromatic heterocycles. The molecule has 0 fully saturated rings. The van der Waals surface area contributed by atoms with Gasteiger partial charge in [0.15, 0.2) is 5.82 Å². The molecule has 1 amide bonds. The van der Waals surface area contributed by atoms with E-state index in [-0.39, 0.29) is 5.91 Å². The van der Waals surface area contributed by atoms with E-state index in [0.29, 0.717) is 18.1 Å². The van der Waals surface area contributed by atoms with Crippen molar-refractivity contribution in [2.24, 2.45) is 0 Å². The second-order valence-electron chi connectivity index (χ2n) is 6.76. The molecule has 0 saturated carbocycles. The molecule has 0 aliphatic rings. The molecule has 4 heterocycles. The van der Waals surface area contributed by atoms with Crippen molar-refractivity contribution in [1.82, 2.24) is 29.5 Å². The molecule has 0 spiro atoms. The molecule has 0 aliphatic heterocycles. The number of hydrogen-bond acceptors (Lipinski definition) is 6. The number of nitrogens with one attached hydrogen (secondary N) is 1. The molecule has 0 unspecified atom stereocenters. The number of para-hydroxylation sites is 1. The van der Waals surface area contributed by atoms with Crippen LogP contribution in [0.2, 0.25) is 0 Å². The SMILES string of the molecule is O=C(Nc1ccn(Cc2ccncc2)n1)c1csc(-c2cnn(-c3ccccc3)c2)n1. The van der Waals surface area contributed by atoms with E-state index in [9.17, 15) is 4.79 Å². The fourth-order valence-corrected chi connectivity index (χ4v) is 3.81. The molecule has 8 nitrogen and oxygen atoms in total. The first-order chi connectivity index (χ1) is 15.2. The fourth-order valence-electron chi connectivity index (χ4n) is 3.04. The number of aromatic nitrogens is 6. The lowest BCUT2D eigenvalue weighted by atomic mass is 10.3. The van der Waals surface area contributed by atoms with Crippen molar-refractivity contribution in [1.29, 1.82) is 0 Å². The lowest BCUT2D eigenvalue weighted by Gasteiger charge is -2.01. The summed E-state index contributed by atoms with van der Waals surface area (Å²) in [6, 6.07) is 15.4. The maximum absolute atomic E-state index is 12.6. The highest BCUT2D eigenvalue weighted by molar-refractivity contribution is 7.13. The second kappa shape index (κ2) is 8.33. The third-order valence-corrected chi connectivity index (χ3v) is 5.45. The molecule has 5 rings (SSSR count). The number of amides is 1. The van der Waals surface area contributed by atoms with Crippen LogP contribution >= 0.6 is 11.3 Å². The van der Waals surface area contributed by atoms with Gasteiger partial charge in [0.1, 0.15) is 10.7 Å². The van der Waals surface area contributed by atoms with Gasteiger partial charge in [-0.3, -0.25) is 14.5 Å². The third-order valence-electron chi connectivity index (χ3n) is 4.56. The normalized spacial score (nSPS) is 10.8. The zero-order valence-electron chi connectivity index (χ0n) is 16.3. The van der Waals surface area contributed by atoms with Gasteiger partial charge in [-0.25, -0.2) is 9.67 Å². The van der Waals surface area contributed by atoms with Crippen molar-refractivity contribution in [3.63, 3.8) is 0 Å². The first kappa shape index (κ1) is 18.9. The molecule has 1 aromatic carbocycles. The molecule has 0 aliphatic carbocycles. The van der Waals surface area contributed by atoms with E-state index in [1.54, 1.807) is 39.4 Å². The van der Waals surface area contributed by atoms with Crippen LogP contribution in [0.25, 0.3) is 16.3 Å². The molecule has 9 heteroatoms. The highest BCUT2D eigenvalue weighted by Crippen LogP contribution is 2.24. The van der Waals surface area contributed by atoms with Crippen molar-refractivity contribution in [3.8, 4) is 16.3 Å². The molecule has 5 aromatic rings. The summed E-state index contributed by atoms with van der Waals surface area (Å²) in [6.07, 6.45) is 8.95. The minimum atomic E-state index is -0.299. The Labute approximate surface area is 181 Å². The summed E-state index contributed by atoms with van der Waals surface area (Å²) in [7, 11) is 0. The maximum atomic E-state index is 12.6. The van der Waals surface area contributed by atoms with Gasteiger partial charge in [0.05, 0.1) is 18.4 Å². The Bertz CT molecular complexity index is 1310. The Morgan fingerprint density at radius 2 is 1.90 bits per heavy atom. The van der Waals surface area contributed by atoms with E-state index in [1.807, 2.05) is 54.9 Å². The zero-order chi connectivity index (χ0) is 21.0. The molecule has 0 atom stereocenters. The number of carbonyl (C=O) groups excluding carboxylic acids is 1. The van der Waals surface area contributed by atoms with Gasteiger partial charge in [0, 0.05) is 41.8 Å². The van der Waals surface area contributed by atoms with E-state index in [1.165, 1.54) is 11.3 Å². The van der Waals surface area contributed by atoms with Crippen LogP contribution in [-0.4, -0.2) is 35.4 Å². The number of hydrogen-bond donors (Lipinski definition) is 1. The van der Waals surface area contributed by atoms with Crippen LogP contribution in [0.1, 0.15) is 16.1 Å². The van der Waals surface area contributed by atoms with Gasteiger partial charge in [-0.05, 0) is 29.8 Å². The van der Waals surface area contributed by atoms with Crippen LogP contribution in [0, 0.1) is 0 Å². The minimum absolute atomic E-state index is 0.299.